The number of anilines is 2. The molecule has 1 N–H and O–H groups in total. The molecular weight excluding hydrogens is 419 g/mol. The van der Waals surface area contributed by atoms with Crippen molar-refractivity contribution in [3.63, 3.8) is 0 Å². The van der Waals surface area contributed by atoms with E-state index in [4.69, 9.17) is 23.2 Å². The molecule has 3 aromatic rings. The Labute approximate surface area is 172 Å². The quantitative estimate of drug-likeness (QED) is 0.645. The minimum Gasteiger partial charge on any atom is -0.323 e. The number of hydrogen-bond donors (Lipinski definition) is 1. The monoisotopic (exact) mass is 432 g/mol. The molecule has 8 heteroatoms. The van der Waals surface area contributed by atoms with Crippen LogP contribution in [0.1, 0.15) is 0 Å². The molecule has 0 unspecified atom stereocenters. The first-order valence-corrected chi connectivity index (χ1v) is 10.5. The second-order valence-electron chi connectivity index (χ2n) is 6.20. The lowest BCUT2D eigenvalue weighted by atomic mass is 10.0. The maximum absolute atomic E-state index is 13.2. The van der Waals surface area contributed by atoms with Gasteiger partial charge in [0.05, 0.1) is 21.3 Å². The van der Waals surface area contributed by atoms with E-state index in [0.717, 1.165) is 4.31 Å². The molecular formula is C20H14Cl2N2O3S. The third kappa shape index (κ3) is 3.24. The molecule has 3 aromatic carbocycles. The molecule has 0 aromatic heterocycles. The van der Waals surface area contributed by atoms with Crippen LogP contribution in [0.15, 0.2) is 71.6 Å². The average molecular weight is 433 g/mol. The number of amides is 1. The van der Waals surface area contributed by atoms with Crippen LogP contribution in [0, 0.1) is 0 Å². The van der Waals surface area contributed by atoms with Crippen LogP contribution in [0.5, 0.6) is 0 Å². The first kappa shape index (κ1) is 18.8. The molecule has 1 aliphatic rings. The first-order valence-electron chi connectivity index (χ1n) is 8.34. The van der Waals surface area contributed by atoms with Gasteiger partial charge in [0.1, 0.15) is 6.54 Å². The Morgan fingerprint density at radius 1 is 0.929 bits per heavy atom. The Morgan fingerprint density at radius 3 is 2.43 bits per heavy atom. The number of carbonyl (C=O) groups excluding carboxylic acids is 1. The number of rotatable bonds is 3. The zero-order valence-corrected chi connectivity index (χ0v) is 16.7. The van der Waals surface area contributed by atoms with E-state index in [9.17, 15) is 13.2 Å². The second kappa shape index (κ2) is 7.13. The largest absolute Gasteiger partial charge is 0.323 e. The molecule has 4 rings (SSSR count). The third-order valence-electron chi connectivity index (χ3n) is 4.41. The molecule has 142 valence electrons. The van der Waals surface area contributed by atoms with Crippen LogP contribution in [0.4, 0.5) is 11.4 Å². The molecule has 1 amide bonds. The van der Waals surface area contributed by atoms with Gasteiger partial charge in [-0.25, -0.2) is 8.42 Å². The number of nitrogens with zero attached hydrogens (tertiary/aromatic N) is 1. The summed E-state index contributed by atoms with van der Waals surface area (Å²) in [5.41, 5.74) is 2.03. The van der Waals surface area contributed by atoms with Crippen LogP contribution in [0.3, 0.4) is 0 Å². The summed E-state index contributed by atoms with van der Waals surface area (Å²) >= 11 is 12.2. The number of benzene rings is 3. The fourth-order valence-corrected chi connectivity index (χ4v) is 5.16. The van der Waals surface area contributed by atoms with Gasteiger partial charge in [-0.1, -0.05) is 53.5 Å². The highest BCUT2D eigenvalue weighted by Gasteiger charge is 2.36. The van der Waals surface area contributed by atoms with Gasteiger partial charge in [0.15, 0.2) is 0 Å². The van der Waals surface area contributed by atoms with E-state index in [1.54, 1.807) is 60.7 Å². The fourth-order valence-electron chi connectivity index (χ4n) is 3.16. The molecule has 28 heavy (non-hydrogen) atoms. The van der Waals surface area contributed by atoms with E-state index in [-0.39, 0.29) is 4.90 Å². The fraction of sp³-hybridized carbons (Fsp3) is 0.0500. The van der Waals surface area contributed by atoms with Gasteiger partial charge in [-0.05, 0) is 36.4 Å². The highest BCUT2D eigenvalue weighted by molar-refractivity contribution is 7.93. The molecule has 0 saturated carbocycles. The Balaban J connectivity index is 1.75. The van der Waals surface area contributed by atoms with Gasteiger partial charge in [-0.15, -0.1) is 0 Å². The molecule has 0 spiro atoms. The van der Waals surface area contributed by atoms with Crippen molar-refractivity contribution in [1.29, 1.82) is 0 Å². The molecule has 5 nitrogen and oxygen atoms in total. The smallest absolute Gasteiger partial charge is 0.265 e. The van der Waals surface area contributed by atoms with Gasteiger partial charge >= 0.3 is 0 Å². The summed E-state index contributed by atoms with van der Waals surface area (Å²) in [4.78, 5) is 12.7. The average Bonchev–Trinajstić information content (AvgIpc) is 2.67. The zero-order chi connectivity index (χ0) is 19.9. The van der Waals surface area contributed by atoms with Gasteiger partial charge in [0, 0.05) is 16.1 Å². The predicted octanol–water partition coefficient (Wildman–Crippen LogP) is 4.81. The minimum atomic E-state index is -3.91. The number of carbonyl (C=O) groups is 1. The van der Waals surface area contributed by atoms with E-state index in [1.165, 1.54) is 6.07 Å². The molecule has 0 fully saturated rings. The van der Waals surface area contributed by atoms with Crippen molar-refractivity contribution >= 4 is 50.5 Å². The van der Waals surface area contributed by atoms with Gasteiger partial charge in [-0.3, -0.25) is 9.10 Å². The Hall–Kier alpha value is -2.54. The predicted molar refractivity (Wildman–Crippen MR) is 112 cm³/mol. The zero-order valence-electron chi connectivity index (χ0n) is 14.4. The number of fused-ring (bicyclic) bond motifs is 3. The molecule has 0 saturated heterocycles. The van der Waals surface area contributed by atoms with E-state index < -0.39 is 22.5 Å². The van der Waals surface area contributed by atoms with E-state index >= 15 is 0 Å². The summed E-state index contributed by atoms with van der Waals surface area (Å²) in [7, 11) is -3.91. The van der Waals surface area contributed by atoms with Crippen molar-refractivity contribution in [1.82, 2.24) is 0 Å². The normalized spacial score (nSPS) is 14.1. The van der Waals surface area contributed by atoms with Crippen molar-refractivity contribution in [3.05, 3.63) is 76.8 Å². The molecule has 0 radical (unpaired) electrons. The Bertz CT molecular complexity index is 1200. The van der Waals surface area contributed by atoms with Crippen molar-refractivity contribution in [2.24, 2.45) is 0 Å². The summed E-state index contributed by atoms with van der Waals surface area (Å²) in [5, 5.41) is 3.51. The van der Waals surface area contributed by atoms with Gasteiger partial charge in [-0.2, -0.15) is 0 Å². The molecule has 0 bridgehead atoms. The third-order valence-corrected chi connectivity index (χ3v) is 6.79. The summed E-state index contributed by atoms with van der Waals surface area (Å²) in [5.74, 6) is -0.503. The molecule has 0 aliphatic carbocycles. The Morgan fingerprint density at radius 2 is 1.64 bits per heavy atom. The van der Waals surface area contributed by atoms with Crippen LogP contribution < -0.4 is 9.62 Å². The highest BCUT2D eigenvalue weighted by Crippen LogP contribution is 2.43. The topological polar surface area (TPSA) is 66.5 Å². The van der Waals surface area contributed by atoms with Crippen LogP contribution in [-0.4, -0.2) is 20.9 Å². The first-order chi connectivity index (χ1) is 13.4. The molecule has 1 aliphatic heterocycles. The number of sulfonamides is 1. The van der Waals surface area contributed by atoms with Crippen LogP contribution in [0.25, 0.3) is 11.1 Å². The summed E-state index contributed by atoms with van der Waals surface area (Å²) in [6.45, 7) is -0.392. The number of halogens is 2. The maximum atomic E-state index is 13.2. The molecule has 0 atom stereocenters. The van der Waals surface area contributed by atoms with E-state index in [0.29, 0.717) is 32.5 Å². The second-order valence-corrected chi connectivity index (χ2v) is 8.87. The standard InChI is InChI=1S/C20H14Cl2N2O3S/c21-13-9-10-18-15(11-13)14-5-1-4-8-19(14)28(26,27)24(18)12-20(25)23-17-7-3-2-6-16(17)22/h1-11H,12H2,(H,23,25). The number of para-hydroxylation sites is 1. The van der Waals surface area contributed by atoms with Crippen LogP contribution in [-0.2, 0) is 14.8 Å². The van der Waals surface area contributed by atoms with Crippen molar-refractivity contribution in [2.75, 3.05) is 16.2 Å². The minimum absolute atomic E-state index is 0.135. The Kier molecular flexibility index (Phi) is 4.79. The molecule has 1 heterocycles. The van der Waals surface area contributed by atoms with E-state index in [1.807, 2.05) is 0 Å². The van der Waals surface area contributed by atoms with Crippen molar-refractivity contribution in [3.8, 4) is 11.1 Å². The lowest BCUT2D eigenvalue weighted by Gasteiger charge is -2.31. The van der Waals surface area contributed by atoms with Gasteiger partial charge in [0.2, 0.25) is 5.91 Å². The summed E-state index contributed by atoms with van der Waals surface area (Å²) < 4.78 is 27.5. The number of nitrogens with one attached hydrogen (secondary N) is 1. The van der Waals surface area contributed by atoms with E-state index in [2.05, 4.69) is 5.32 Å². The van der Waals surface area contributed by atoms with Gasteiger partial charge < -0.3 is 5.32 Å². The summed E-state index contributed by atoms with van der Waals surface area (Å²) in [6.07, 6.45) is 0. The van der Waals surface area contributed by atoms with Crippen LogP contribution in [0.2, 0.25) is 10.0 Å². The van der Waals surface area contributed by atoms with Crippen LogP contribution >= 0.6 is 23.2 Å². The van der Waals surface area contributed by atoms with Crippen molar-refractivity contribution < 1.29 is 13.2 Å². The maximum Gasteiger partial charge on any atom is 0.265 e. The number of hydrogen-bond acceptors (Lipinski definition) is 3. The lowest BCUT2D eigenvalue weighted by Crippen LogP contribution is -2.40. The summed E-state index contributed by atoms with van der Waals surface area (Å²) in [6, 6.07) is 18.3. The highest BCUT2D eigenvalue weighted by atomic mass is 35.5. The van der Waals surface area contributed by atoms with Gasteiger partial charge in [0.25, 0.3) is 10.0 Å². The lowest BCUT2D eigenvalue weighted by molar-refractivity contribution is -0.114. The van der Waals surface area contributed by atoms with Crippen molar-refractivity contribution in [2.45, 2.75) is 4.90 Å². The SMILES string of the molecule is O=C(CN1c2ccc(Cl)cc2-c2ccccc2S1(=O)=O)Nc1ccccc1Cl.